The first-order valence-electron chi connectivity index (χ1n) is 11.1. The molecule has 0 unspecified atom stereocenters. The second-order valence-electron chi connectivity index (χ2n) is 8.88. The Balaban J connectivity index is 1.39. The highest BCUT2D eigenvalue weighted by molar-refractivity contribution is 7.09. The van der Waals surface area contributed by atoms with Crippen LogP contribution in [-0.4, -0.2) is 33.7 Å². The summed E-state index contributed by atoms with van der Waals surface area (Å²) < 4.78 is 2.09. The number of rotatable bonds is 6. The summed E-state index contributed by atoms with van der Waals surface area (Å²) >= 11 is 1.67. The van der Waals surface area contributed by atoms with Crippen molar-refractivity contribution in [2.75, 3.05) is 6.54 Å². The number of urea groups is 1. The number of nitrogens with zero attached hydrogens (tertiary/aromatic N) is 2. The molecule has 4 aromatic rings. The van der Waals surface area contributed by atoms with Crippen molar-refractivity contribution in [2.45, 2.75) is 32.9 Å². The number of aromatic nitrogens is 1. The average molecular weight is 472 g/mol. The van der Waals surface area contributed by atoms with Crippen LogP contribution in [0.5, 0.6) is 0 Å². The average Bonchev–Trinajstić information content (AvgIpc) is 3.50. The number of Topliss-reactive ketones (excluding diaryl/α,β-unsaturated/α-hetero) is 1. The molecule has 172 valence electrons. The quantitative estimate of drug-likeness (QED) is 0.317. The summed E-state index contributed by atoms with van der Waals surface area (Å²) in [6.07, 6.45) is 0. The van der Waals surface area contributed by atoms with Gasteiger partial charge in [0.05, 0.1) is 13.1 Å². The topological polar surface area (TPSA) is 71.4 Å². The molecule has 1 atom stereocenters. The number of thiophene rings is 1. The number of aryl methyl sites for hydroxylation is 1. The highest BCUT2D eigenvalue weighted by Crippen LogP contribution is 2.31. The zero-order valence-corrected chi connectivity index (χ0v) is 20.1. The van der Waals surface area contributed by atoms with Crippen LogP contribution in [0, 0.1) is 13.8 Å². The molecule has 2 aromatic carbocycles. The Morgan fingerprint density at radius 3 is 2.50 bits per heavy atom. The number of imide groups is 1. The molecule has 1 aliphatic rings. The molecule has 34 heavy (non-hydrogen) atoms. The van der Waals surface area contributed by atoms with E-state index in [0.29, 0.717) is 17.7 Å². The van der Waals surface area contributed by atoms with Gasteiger partial charge in [0.25, 0.3) is 5.91 Å². The standard InChI is InChI=1S/C27H25N3O3S/c1-17-13-23(18(2)29(17)15-22-9-6-12-34-22)24(31)16-30-25(32)27(3,28-26(30)33)21-11-10-19-7-4-5-8-20(19)14-21/h4-14H,15-16H2,1-3H3,(H,28,33)/t27-/m1/s1. The van der Waals surface area contributed by atoms with E-state index in [1.165, 1.54) is 4.88 Å². The Bertz CT molecular complexity index is 1440. The number of carbonyl (C=O) groups excluding carboxylic acids is 3. The van der Waals surface area contributed by atoms with Crippen molar-refractivity contribution >= 4 is 39.8 Å². The third kappa shape index (κ3) is 3.62. The van der Waals surface area contributed by atoms with Gasteiger partial charge in [-0.15, -0.1) is 11.3 Å². The normalized spacial score (nSPS) is 18.0. The highest BCUT2D eigenvalue weighted by Gasteiger charge is 2.49. The lowest BCUT2D eigenvalue weighted by Crippen LogP contribution is -2.41. The molecule has 7 heteroatoms. The van der Waals surface area contributed by atoms with Crippen LogP contribution in [0.15, 0.2) is 66.0 Å². The fourth-order valence-corrected chi connectivity index (χ4v) is 5.34. The molecule has 0 bridgehead atoms. The monoisotopic (exact) mass is 471 g/mol. The largest absolute Gasteiger partial charge is 0.343 e. The number of nitrogens with one attached hydrogen (secondary N) is 1. The van der Waals surface area contributed by atoms with E-state index in [2.05, 4.69) is 16.0 Å². The summed E-state index contributed by atoms with van der Waals surface area (Å²) in [5.41, 5.74) is 1.80. The number of hydrogen-bond donors (Lipinski definition) is 1. The van der Waals surface area contributed by atoms with Gasteiger partial charge in [-0.3, -0.25) is 14.5 Å². The summed E-state index contributed by atoms with van der Waals surface area (Å²) in [5.74, 6) is -0.676. The van der Waals surface area contributed by atoms with Crippen LogP contribution in [0.1, 0.15) is 39.1 Å². The Hall–Kier alpha value is -3.71. The smallest absolute Gasteiger partial charge is 0.325 e. The molecule has 0 aliphatic carbocycles. The van der Waals surface area contributed by atoms with E-state index in [0.717, 1.165) is 27.1 Å². The third-order valence-electron chi connectivity index (χ3n) is 6.67. The lowest BCUT2D eigenvalue weighted by molar-refractivity contribution is -0.130. The van der Waals surface area contributed by atoms with E-state index in [1.807, 2.05) is 73.8 Å². The van der Waals surface area contributed by atoms with Crippen LogP contribution >= 0.6 is 11.3 Å². The maximum Gasteiger partial charge on any atom is 0.325 e. The minimum atomic E-state index is -1.22. The van der Waals surface area contributed by atoms with Gasteiger partial charge in [-0.2, -0.15) is 0 Å². The Morgan fingerprint density at radius 2 is 1.76 bits per heavy atom. The van der Waals surface area contributed by atoms with Crippen LogP contribution in [0.4, 0.5) is 4.79 Å². The predicted molar refractivity (Wildman–Crippen MR) is 133 cm³/mol. The molecule has 1 saturated heterocycles. The van der Waals surface area contributed by atoms with Gasteiger partial charge in [0, 0.05) is 21.8 Å². The van der Waals surface area contributed by atoms with Crippen LogP contribution in [-0.2, 0) is 16.9 Å². The van der Waals surface area contributed by atoms with E-state index in [4.69, 9.17) is 0 Å². The first-order valence-corrected chi connectivity index (χ1v) is 12.0. The number of fused-ring (bicyclic) bond motifs is 1. The number of ketones is 1. The molecule has 6 nitrogen and oxygen atoms in total. The van der Waals surface area contributed by atoms with Gasteiger partial charge in [0.15, 0.2) is 5.78 Å². The van der Waals surface area contributed by atoms with Gasteiger partial charge >= 0.3 is 6.03 Å². The molecule has 3 heterocycles. The number of hydrogen-bond acceptors (Lipinski definition) is 4. The van der Waals surface area contributed by atoms with Gasteiger partial charge in [0.2, 0.25) is 0 Å². The van der Waals surface area contributed by atoms with E-state index >= 15 is 0 Å². The van der Waals surface area contributed by atoms with Crippen LogP contribution in [0.3, 0.4) is 0 Å². The van der Waals surface area contributed by atoms with Gasteiger partial charge in [-0.1, -0.05) is 42.5 Å². The SMILES string of the molecule is Cc1cc(C(=O)CN2C(=O)N[C@](C)(c3ccc4ccccc4c3)C2=O)c(C)n1Cc1cccs1. The molecule has 1 fully saturated rings. The van der Waals surface area contributed by atoms with E-state index < -0.39 is 17.5 Å². The molecule has 0 radical (unpaired) electrons. The summed E-state index contributed by atoms with van der Waals surface area (Å²) in [5, 5.41) is 6.87. The van der Waals surface area contributed by atoms with Crippen molar-refractivity contribution in [1.82, 2.24) is 14.8 Å². The first kappa shape index (κ1) is 22.1. The third-order valence-corrected chi connectivity index (χ3v) is 7.53. The fraction of sp³-hybridized carbons (Fsp3) is 0.222. The lowest BCUT2D eigenvalue weighted by atomic mass is 9.90. The molecular weight excluding hydrogens is 446 g/mol. The first-order chi connectivity index (χ1) is 16.3. The van der Waals surface area contributed by atoms with Crippen LogP contribution in [0.2, 0.25) is 0 Å². The zero-order valence-electron chi connectivity index (χ0n) is 19.3. The Labute approximate surface area is 201 Å². The molecular formula is C27H25N3O3S. The summed E-state index contributed by atoms with van der Waals surface area (Å²) in [4.78, 5) is 41.7. The zero-order chi connectivity index (χ0) is 24.0. The number of benzene rings is 2. The van der Waals surface area contributed by atoms with Crippen LogP contribution < -0.4 is 5.32 Å². The van der Waals surface area contributed by atoms with Gasteiger partial charge in [-0.05, 0) is 60.7 Å². The Kier molecular flexibility index (Phi) is 5.37. The van der Waals surface area contributed by atoms with Gasteiger partial charge < -0.3 is 9.88 Å². The van der Waals surface area contributed by atoms with Crippen molar-refractivity contribution in [3.63, 3.8) is 0 Å². The Morgan fingerprint density at radius 1 is 1.00 bits per heavy atom. The molecule has 0 saturated carbocycles. The van der Waals surface area contributed by atoms with E-state index in [-0.39, 0.29) is 12.3 Å². The second kappa shape index (κ2) is 8.25. The molecule has 0 spiro atoms. The minimum Gasteiger partial charge on any atom is -0.343 e. The van der Waals surface area contributed by atoms with Crippen molar-refractivity contribution < 1.29 is 14.4 Å². The predicted octanol–water partition coefficient (Wildman–Crippen LogP) is 5.02. The molecule has 1 aliphatic heterocycles. The van der Waals surface area contributed by atoms with Gasteiger partial charge in [0.1, 0.15) is 5.54 Å². The number of amides is 3. The number of carbonyl (C=O) groups is 3. The van der Waals surface area contributed by atoms with E-state index in [1.54, 1.807) is 18.3 Å². The van der Waals surface area contributed by atoms with Crippen molar-refractivity contribution in [3.8, 4) is 0 Å². The summed E-state index contributed by atoms with van der Waals surface area (Å²) in [6.45, 7) is 5.94. The highest BCUT2D eigenvalue weighted by atomic mass is 32.1. The van der Waals surface area contributed by atoms with Crippen molar-refractivity contribution in [2.24, 2.45) is 0 Å². The lowest BCUT2D eigenvalue weighted by Gasteiger charge is -2.22. The van der Waals surface area contributed by atoms with Crippen molar-refractivity contribution in [1.29, 1.82) is 0 Å². The second-order valence-corrected chi connectivity index (χ2v) is 9.91. The summed E-state index contributed by atoms with van der Waals surface area (Å²) in [7, 11) is 0. The molecule has 3 amide bonds. The van der Waals surface area contributed by atoms with Crippen molar-refractivity contribution in [3.05, 3.63) is 93.4 Å². The minimum absolute atomic E-state index is 0.253. The molecule has 1 N–H and O–H groups in total. The summed E-state index contributed by atoms with van der Waals surface area (Å²) in [6, 6.07) is 18.9. The van der Waals surface area contributed by atoms with Crippen LogP contribution in [0.25, 0.3) is 10.8 Å². The molecule has 5 rings (SSSR count). The maximum atomic E-state index is 13.4. The maximum absolute atomic E-state index is 13.4. The van der Waals surface area contributed by atoms with E-state index in [9.17, 15) is 14.4 Å². The van der Waals surface area contributed by atoms with Gasteiger partial charge in [-0.25, -0.2) is 4.79 Å². The molecule has 2 aromatic heterocycles. The fourth-order valence-electron chi connectivity index (χ4n) is 4.65.